The van der Waals surface area contributed by atoms with Crippen LogP contribution in [0.5, 0.6) is 5.75 Å². The molecule has 9 heteroatoms. The lowest BCUT2D eigenvalue weighted by Gasteiger charge is -2.23. The van der Waals surface area contributed by atoms with Crippen LogP contribution in [0, 0.1) is 0 Å². The van der Waals surface area contributed by atoms with Crippen LogP contribution in [0.1, 0.15) is 10.4 Å². The minimum absolute atomic E-state index is 0.245. The fourth-order valence-electron chi connectivity index (χ4n) is 1.58. The lowest BCUT2D eigenvalue weighted by Crippen LogP contribution is -2.40. The molecule has 1 aromatic rings. The fraction of sp³-hybridized carbons (Fsp3) is 0.417. The zero-order valence-electron chi connectivity index (χ0n) is 10.6. The number of benzene rings is 1. The van der Waals surface area contributed by atoms with Crippen LogP contribution >= 0.6 is 0 Å². The predicted molar refractivity (Wildman–Crippen MR) is 62.1 cm³/mol. The van der Waals surface area contributed by atoms with Gasteiger partial charge in [-0.3, -0.25) is 4.79 Å². The number of ether oxygens (including phenoxy) is 1. The number of carbonyl (C=O) groups is 1. The lowest BCUT2D eigenvalue weighted by molar-refractivity contribution is -0.141. The third-order valence-electron chi connectivity index (χ3n) is 2.33. The second kappa shape index (κ2) is 7.21. The van der Waals surface area contributed by atoms with Crippen molar-refractivity contribution in [2.45, 2.75) is 12.8 Å². The van der Waals surface area contributed by atoms with Crippen molar-refractivity contribution in [1.82, 2.24) is 4.90 Å². The first kappa shape index (κ1) is 17.2. The third-order valence-corrected chi connectivity index (χ3v) is 2.33. The van der Waals surface area contributed by atoms with E-state index < -0.39 is 38.4 Å². The molecule has 0 spiro atoms. The molecule has 0 heterocycles. The minimum Gasteiger partial charge on any atom is -0.435 e. The summed E-state index contributed by atoms with van der Waals surface area (Å²) in [6.07, 6.45) is -4.64. The first-order chi connectivity index (χ1) is 9.73. The second-order valence-electron chi connectivity index (χ2n) is 3.97. The Balaban J connectivity index is 2.92. The van der Waals surface area contributed by atoms with E-state index in [1.165, 1.54) is 12.1 Å². The molecule has 1 amide bonds. The van der Waals surface area contributed by atoms with Crippen LogP contribution in [-0.2, 0) is 0 Å². The van der Waals surface area contributed by atoms with E-state index in [4.69, 9.17) is 5.11 Å². The number of aliphatic hydroxyl groups excluding tert-OH is 1. The Morgan fingerprint density at radius 3 is 2.52 bits per heavy atom. The molecule has 1 aromatic carbocycles. The van der Waals surface area contributed by atoms with Crippen molar-refractivity contribution in [3.8, 4) is 5.75 Å². The predicted octanol–water partition coefficient (Wildman–Crippen LogP) is 2.28. The van der Waals surface area contributed by atoms with E-state index in [1.54, 1.807) is 0 Å². The number of hydrogen-bond donors (Lipinski definition) is 1. The first-order valence-corrected chi connectivity index (χ1v) is 5.74. The van der Waals surface area contributed by atoms with Gasteiger partial charge in [0.15, 0.2) is 0 Å². The maximum Gasteiger partial charge on any atom is 0.406 e. The normalized spacial score (nSPS) is 11.6. The molecule has 0 bridgehead atoms. The number of amides is 1. The summed E-state index contributed by atoms with van der Waals surface area (Å²) in [5, 5.41) is 8.72. The zero-order chi connectivity index (χ0) is 16.0. The Labute approximate surface area is 116 Å². The van der Waals surface area contributed by atoms with Crippen molar-refractivity contribution in [2.24, 2.45) is 0 Å². The van der Waals surface area contributed by atoms with Crippen LogP contribution in [0.25, 0.3) is 0 Å². The second-order valence-corrected chi connectivity index (χ2v) is 3.97. The highest BCUT2D eigenvalue weighted by molar-refractivity contribution is 5.94. The van der Waals surface area contributed by atoms with Gasteiger partial charge < -0.3 is 14.7 Å². The van der Waals surface area contributed by atoms with Gasteiger partial charge in [0.25, 0.3) is 5.91 Å². The van der Waals surface area contributed by atoms with Crippen LogP contribution in [-0.4, -0.2) is 48.4 Å². The van der Waals surface area contributed by atoms with Gasteiger partial charge in [-0.05, 0) is 18.2 Å². The quantitative estimate of drug-likeness (QED) is 0.820. The summed E-state index contributed by atoms with van der Waals surface area (Å²) < 4.78 is 65.3. The molecule has 0 unspecified atom stereocenters. The zero-order valence-corrected chi connectivity index (χ0v) is 10.6. The molecule has 1 N–H and O–H groups in total. The van der Waals surface area contributed by atoms with E-state index in [0.29, 0.717) is 4.90 Å². The van der Waals surface area contributed by atoms with Crippen molar-refractivity contribution in [3.05, 3.63) is 29.8 Å². The van der Waals surface area contributed by atoms with E-state index in [9.17, 15) is 26.7 Å². The minimum atomic E-state index is -4.64. The van der Waals surface area contributed by atoms with Crippen molar-refractivity contribution >= 4 is 5.91 Å². The average molecular weight is 313 g/mol. The molecule has 0 saturated heterocycles. The molecule has 118 valence electrons. The van der Waals surface area contributed by atoms with Crippen molar-refractivity contribution in [1.29, 1.82) is 0 Å². The van der Waals surface area contributed by atoms with Crippen LogP contribution < -0.4 is 4.74 Å². The van der Waals surface area contributed by atoms with Gasteiger partial charge in [-0.15, -0.1) is 0 Å². The number of hydrogen-bond acceptors (Lipinski definition) is 3. The highest BCUT2D eigenvalue weighted by Gasteiger charge is 2.33. The highest BCUT2D eigenvalue weighted by atomic mass is 19.4. The van der Waals surface area contributed by atoms with Gasteiger partial charge in [0.1, 0.15) is 12.3 Å². The van der Waals surface area contributed by atoms with E-state index >= 15 is 0 Å². The van der Waals surface area contributed by atoms with Crippen LogP contribution in [0.4, 0.5) is 22.0 Å². The number of halogens is 5. The summed E-state index contributed by atoms with van der Waals surface area (Å²) in [6, 6.07) is 4.43. The van der Waals surface area contributed by atoms with Gasteiger partial charge in [-0.2, -0.15) is 22.0 Å². The van der Waals surface area contributed by atoms with E-state index in [1.807, 2.05) is 0 Å². The Morgan fingerprint density at radius 2 is 2.00 bits per heavy atom. The molecule has 0 aliphatic carbocycles. The topological polar surface area (TPSA) is 49.8 Å². The molecule has 0 atom stereocenters. The van der Waals surface area contributed by atoms with Gasteiger partial charge in [-0.1, -0.05) is 6.07 Å². The third kappa shape index (κ3) is 5.94. The molecule has 4 nitrogen and oxygen atoms in total. The van der Waals surface area contributed by atoms with Crippen LogP contribution in [0.15, 0.2) is 24.3 Å². The Kier molecular flexibility index (Phi) is 5.89. The lowest BCUT2D eigenvalue weighted by atomic mass is 10.2. The highest BCUT2D eigenvalue weighted by Crippen LogP contribution is 2.20. The Bertz CT molecular complexity index is 478. The largest absolute Gasteiger partial charge is 0.435 e. The molecule has 0 saturated carbocycles. The summed E-state index contributed by atoms with van der Waals surface area (Å²) in [4.78, 5) is 12.3. The van der Waals surface area contributed by atoms with E-state index in [0.717, 1.165) is 12.1 Å². The molecule has 0 aliphatic rings. The molecule has 0 aromatic heterocycles. The van der Waals surface area contributed by atoms with Gasteiger partial charge in [0, 0.05) is 12.1 Å². The summed E-state index contributed by atoms with van der Waals surface area (Å²) in [5.41, 5.74) is -0.245. The summed E-state index contributed by atoms with van der Waals surface area (Å²) >= 11 is 0. The summed E-state index contributed by atoms with van der Waals surface area (Å²) in [7, 11) is 0. The molecule has 0 aliphatic heterocycles. The number of aliphatic hydroxyl groups is 1. The van der Waals surface area contributed by atoms with Gasteiger partial charge in [0.2, 0.25) is 0 Å². The standard InChI is InChI=1S/C12H12F5NO3/c13-11(14)21-9-3-1-2-8(6-9)10(20)18(4-5-19)7-12(15,16)17/h1-3,6,11,19H,4-5,7H2. The van der Waals surface area contributed by atoms with Crippen molar-refractivity contribution in [2.75, 3.05) is 19.7 Å². The number of alkyl halides is 5. The van der Waals surface area contributed by atoms with Crippen molar-refractivity contribution in [3.63, 3.8) is 0 Å². The van der Waals surface area contributed by atoms with Crippen molar-refractivity contribution < 1.29 is 36.6 Å². The molecular weight excluding hydrogens is 301 g/mol. The molecule has 21 heavy (non-hydrogen) atoms. The van der Waals surface area contributed by atoms with Gasteiger partial charge in [0.05, 0.1) is 6.61 Å². The number of carbonyl (C=O) groups excluding carboxylic acids is 1. The SMILES string of the molecule is O=C(c1cccc(OC(F)F)c1)N(CCO)CC(F)(F)F. The van der Waals surface area contributed by atoms with Crippen LogP contribution in [0.2, 0.25) is 0 Å². The molecule has 0 radical (unpaired) electrons. The van der Waals surface area contributed by atoms with Gasteiger partial charge in [-0.25, -0.2) is 0 Å². The Hall–Kier alpha value is -1.90. The van der Waals surface area contributed by atoms with Gasteiger partial charge >= 0.3 is 12.8 Å². The number of nitrogens with zero attached hydrogens (tertiary/aromatic N) is 1. The Morgan fingerprint density at radius 1 is 1.33 bits per heavy atom. The first-order valence-electron chi connectivity index (χ1n) is 5.74. The summed E-state index contributed by atoms with van der Waals surface area (Å²) in [6.45, 7) is -5.85. The van der Waals surface area contributed by atoms with E-state index in [-0.39, 0.29) is 11.3 Å². The van der Waals surface area contributed by atoms with E-state index in [2.05, 4.69) is 4.74 Å². The smallest absolute Gasteiger partial charge is 0.406 e. The monoisotopic (exact) mass is 313 g/mol. The molecule has 0 fully saturated rings. The maximum absolute atomic E-state index is 12.4. The fourth-order valence-corrected chi connectivity index (χ4v) is 1.58. The molecule has 1 rings (SSSR count). The average Bonchev–Trinajstić information content (AvgIpc) is 2.35. The molecular formula is C12H12F5NO3. The summed E-state index contributed by atoms with van der Waals surface area (Å²) in [5.74, 6) is -1.38. The number of rotatable bonds is 6. The maximum atomic E-state index is 12.4. The van der Waals surface area contributed by atoms with Crippen LogP contribution in [0.3, 0.4) is 0 Å².